The monoisotopic (exact) mass is 331 g/mol. The van der Waals surface area contributed by atoms with Crippen LogP contribution >= 0.6 is 0 Å². The maximum absolute atomic E-state index is 6.06. The van der Waals surface area contributed by atoms with Crippen LogP contribution in [0.3, 0.4) is 0 Å². The van der Waals surface area contributed by atoms with Crippen molar-refractivity contribution in [1.29, 1.82) is 0 Å². The summed E-state index contributed by atoms with van der Waals surface area (Å²) in [7, 11) is 0. The number of hydrogen-bond donors (Lipinski definition) is 1. The van der Waals surface area contributed by atoms with E-state index in [0.29, 0.717) is 5.41 Å². The van der Waals surface area contributed by atoms with Gasteiger partial charge in [0.1, 0.15) is 0 Å². The predicted octanol–water partition coefficient (Wildman–Crippen LogP) is 6.47. The van der Waals surface area contributed by atoms with Crippen molar-refractivity contribution in [2.45, 2.75) is 96.8 Å². The highest BCUT2D eigenvalue weighted by molar-refractivity contribution is 5.02. The molecule has 0 amide bonds. The molecule has 0 bridgehead atoms. The molecule has 2 saturated carbocycles. The zero-order valence-electron chi connectivity index (χ0n) is 16.1. The van der Waals surface area contributed by atoms with Crippen LogP contribution in [0, 0.1) is 29.1 Å². The van der Waals surface area contributed by atoms with Crippen molar-refractivity contribution < 1.29 is 0 Å². The van der Waals surface area contributed by atoms with Gasteiger partial charge in [0.2, 0.25) is 0 Å². The van der Waals surface area contributed by atoms with Gasteiger partial charge in [0.25, 0.3) is 0 Å². The van der Waals surface area contributed by atoms with Crippen molar-refractivity contribution in [3.05, 3.63) is 12.2 Å². The maximum Gasteiger partial charge on any atom is -0.00489 e. The number of rotatable bonds is 1. The smallest absolute Gasteiger partial charge is 0.00489 e. The molecule has 3 rings (SSSR count). The number of allylic oxidation sites excluding steroid dienone is 2. The van der Waals surface area contributed by atoms with Crippen molar-refractivity contribution in [2.24, 2.45) is 34.8 Å². The van der Waals surface area contributed by atoms with Gasteiger partial charge >= 0.3 is 0 Å². The first kappa shape index (κ1) is 18.5. The summed E-state index contributed by atoms with van der Waals surface area (Å²) in [6, 6.07) is 0. The Kier molecular flexibility index (Phi) is 6.84. The molecule has 138 valence electrons. The Labute approximate surface area is 150 Å². The Hall–Kier alpha value is -0.300. The van der Waals surface area contributed by atoms with Gasteiger partial charge in [-0.1, -0.05) is 64.0 Å². The molecule has 5 atom stereocenters. The minimum Gasteiger partial charge on any atom is -0.330 e. The van der Waals surface area contributed by atoms with Crippen LogP contribution in [-0.4, -0.2) is 6.54 Å². The van der Waals surface area contributed by atoms with Gasteiger partial charge < -0.3 is 5.73 Å². The van der Waals surface area contributed by atoms with Crippen LogP contribution in [0.4, 0.5) is 0 Å². The zero-order valence-corrected chi connectivity index (χ0v) is 16.1. The lowest BCUT2D eigenvalue weighted by atomic mass is 9.59. The molecule has 24 heavy (non-hydrogen) atoms. The zero-order chi connectivity index (χ0) is 16.8. The summed E-state index contributed by atoms with van der Waals surface area (Å²) < 4.78 is 0. The highest BCUT2D eigenvalue weighted by atomic mass is 14.5. The van der Waals surface area contributed by atoms with Crippen LogP contribution in [0.25, 0.3) is 0 Å². The van der Waals surface area contributed by atoms with Crippen molar-refractivity contribution >= 4 is 0 Å². The molecule has 0 aromatic rings. The van der Waals surface area contributed by atoms with E-state index in [2.05, 4.69) is 19.1 Å². The normalized spacial score (nSPS) is 43.4. The molecular weight excluding hydrogens is 290 g/mol. The van der Waals surface area contributed by atoms with E-state index in [1.165, 1.54) is 89.9 Å². The summed E-state index contributed by atoms with van der Waals surface area (Å²) in [5, 5.41) is 0. The van der Waals surface area contributed by atoms with E-state index < -0.39 is 0 Å². The van der Waals surface area contributed by atoms with Gasteiger partial charge in [0, 0.05) is 0 Å². The van der Waals surface area contributed by atoms with E-state index in [1.54, 1.807) is 0 Å². The fourth-order valence-electron chi connectivity index (χ4n) is 6.48. The lowest BCUT2D eigenvalue weighted by Gasteiger charge is -2.46. The molecule has 0 aliphatic heterocycles. The van der Waals surface area contributed by atoms with E-state index in [-0.39, 0.29) is 0 Å². The molecule has 3 unspecified atom stereocenters. The lowest BCUT2D eigenvalue weighted by Crippen LogP contribution is -2.38. The summed E-state index contributed by atoms with van der Waals surface area (Å²) >= 11 is 0. The molecule has 2 fully saturated rings. The van der Waals surface area contributed by atoms with Gasteiger partial charge in [0.15, 0.2) is 0 Å². The van der Waals surface area contributed by atoms with Crippen LogP contribution in [0.15, 0.2) is 12.2 Å². The van der Waals surface area contributed by atoms with Gasteiger partial charge in [0.05, 0.1) is 0 Å². The fraction of sp³-hybridized carbons (Fsp3) is 0.913. The van der Waals surface area contributed by atoms with E-state index in [4.69, 9.17) is 5.73 Å². The maximum atomic E-state index is 6.06. The first-order chi connectivity index (χ1) is 11.7. The molecule has 0 spiro atoms. The highest BCUT2D eigenvalue weighted by Crippen LogP contribution is 2.52. The Morgan fingerprint density at radius 1 is 0.875 bits per heavy atom. The highest BCUT2D eigenvalue weighted by Gasteiger charge is 2.43. The molecule has 3 aliphatic carbocycles. The second-order valence-electron chi connectivity index (χ2n) is 9.49. The van der Waals surface area contributed by atoms with Crippen LogP contribution in [0.1, 0.15) is 96.8 Å². The minimum atomic E-state index is 0.574. The van der Waals surface area contributed by atoms with Crippen molar-refractivity contribution in [1.82, 2.24) is 0 Å². The minimum absolute atomic E-state index is 0.574. The summed E-state index contributed by atoms with van der Waals surface area (Å²) in [5.74, 6) is 3.58. The first-order valence-electron chi connectivity index (χ1n) is 11.1. The fourth-order valence-corrected chi connectivity index (χ4v) is 6.48. The predicted molar refractivity (Wildman–Crippen MR) is 105 cm³/mol. The average molecular weight is 332 g/mol. The van der Waals surface area contributed by atoms with Gasteiger partial charge in [-0.25, -0.2) is 0 Å². The second-order valence-corrected chi connectivity index (χ2v) is 9.49. The molecule has 3 aliphatic rings. The van der Waals surface area contributed by atoms with E-state index in [9.17, 15) is 0 Å². The van der Waals surface area contributed by atoms with Crippen molar-refractivity contribution in [3.8, 4) is 0 Å². The molecule has 0 saturated heterocycles. The topological polar surface area (TPSA) is 26.0 Å². The Morgan fingerprint density at radius 3 is 2.50 bits per heavy atom. The molecular formula is C23H41N. The first-order valence-corrected chi connectivity index (χ1v) is 11.1. The summed E-state index contributed by atoms with van der Waals surface area (Å²) in [5.41, 5.74) is 6.64. The molecule has 0 heterocycles. The van der Waals surface area contributed by atoms with E-state index in [1.807, 2.05) is 0 Å². The standard InChI is InChI=1S/C23H41N/c1-23-16-7-3-2-4-12-20-13-5-6-14-21(22(20)23)15-8-10-19(18-24)11-9-17-23/h4,12,19-22H,2-3,5-11,13-18,24H2,1H3/b12-4-/t19-,20?,21?,22+,23?/m0/s1. The third-order valence-electron chi connectivity index (χ3n) is 7.77. The Balaban J connectivity index is 1.88. The molecule has 0 radical (unpaired) electrons. The van der Waals surface area contributed by atoms with Crippen LogP contribution < -0.4 is 5.73 Å². The third-order valence-corrected chi connectivity index (χ3v) is 7.77. The van der Waals surface area contributed by atoms with E-state index >= 15 is 0 Å². The van der Waals surface area contributed by atoms with Gasteiger partial charge in [-0.15, -0.1) is 0 Å². The van der Waals surface area contributed by atoms with Crippen LogP contribution in [0.5, 0.6) is 0 Å². The van der Waals surface area contributed by atoms with Crippen molar-refractivity contribution in [2.75, 3.05) is 6.54 Å². The van der Waals surface area contributed by atoms with Crippen LogP contribution in [0.2, 0.25) is 0 Å². The third kappa shape index (κ3) is 4.45. The van der Waals surface area contributed by atoms with Crippen LogP contribution in [-0.2, 0) is 0 Å². The van der Waals surface area contributed by atoms with Gasteiger partial charge in [-0.05, 0) is 80.6 Å². The lowest BCUT2D eigenvalue weighted by molar-refractivity contribution is 0.0457. The van der Waals surface area contributed by atoms with Gasteiger partial charge in [-0.3, -0.25) is 0 Å². The largest absolute Gasteiger partial charge is 0.330 e. The average Bonchev–Trinajstić information content (AvgIpc) is 2.74. The molecule has 1 heteroatoms. The summed E-state index contributed by atoms with van der Waals surface area (Å²) in [4.78, 5) is 0. The molecule has 0 aromatic carbocycles. The number of nitrogens with two attached hydrogens (primary N) is 1. The molecule has 1 nitrogen and oxygen atoms in total. The summed E-state index contributed by atoms with van der Waals surface area (Å²) in [6.45, 7) is 3.59. The Bertz CT molecular complexity index is 401. The molecule has 0 aromatic heterocycles. The number of hydrogen-bond acceptors (Lipinski definition) is 1. The quantitative estimate of drug-likeness (QED) is 0.547. The second kappa shape index (κ2) is 8.88. The van der Waals surface area contributed by atoms with Crippen molar-refractivity contribution in [3.63, 3.8) is 0 Å². The SMILES string of the molecule is CC12CCCC/C=C\C3CCCCC(CCC[C@H](CN)CCC1)[C@@H]32. The van der Waals surface area contributed by atoms with E-state index in [0.717, 1.165) is 30.2 Å². The summed E-state index contributed by atoms with van der Waals surface area (Å²) in [6.07, 6.45) is 25.3. The van der Waals surface area contributed by atoms with Gasteiger partial charge in [-0.2, -0.15) is 0 Å². The molecule has 2 N–H and O–H groups in total. The Morgan fingerprint density at radius 2 is 1.62 bits per heavy atom.